The van der Waals surface area contributed by atoms with E-state index in [0.29, 0.717) is 49.0 Å². The highest BCUT2D eigenvalue weighted by Crippen LogP contribution is 2.22. The Morgan fingerprint density at radius 1 is 0.727 bits per heavy atom. The lowest BCUT2D eigenvalue weighted by molar-refractivity contribution is -0.142. The molecule has 1 aliphatic rings. The SMILES string of the molecule is CC(=O)N[C@@H](Cc1cnc[nH]1)C(=O)N[C@H](Cc1ccccc1)C(=O)N[C@@H](CCCN=C(N)N)C(=O)N[C@@H](Cc1c[nH]c2ccccc12)C(=O)NCC(=O)N[C@@H](CCCCN)C(=O)N1CCC[C@H]1C(=O)N[C@H](C(N)=O)C(C)C. The molecule has 7 atom stereocenters. The molecule has 2 aromatic heterocycles. The Hall–Kier alpha value is -8.35. The summed E-state index contributed by atoms with van der Waals surface area (Å²) in [5.74, 6) is -6.53. The van der Waals surface area contributed by atoms with Crippen molar-refractivity contribution < 1.29 is 43.2 Å². The number of hydrogen-bond donors (Lipinski definition) is 13. The van der Waals surface area contributed by atoms with Crippen LogP contribution < -0.4 is 60.2 Å². The molecule has 77 heavy (non-hydrogen) atoms. The van der Waals surface area contributed by atoms with E-state index in [4.69, 9.17) is 22.9 Å². The molecule has 0 unspecified atom stereocenters. The Labute approximate surface area is 446 Å². The van der Waals surface area contributed by atoms with Gasteiger partial charge in [0.25, 0.3) is 0 Å². The smallest absolute Gasteiger partial charge is 0.245 e. The van der Waals surface area contributed by atoms with Crippen molar-refractivity contribution in [2.45, 2.75) is 127 Å². The number of guanidine groups is 1. The fourth-order valence-electron chi connectivity index (χ4n) is 9.05. The first-order chi connectivity index (χ1) is 36.8. The molecule has 4 aromatic rings. The Morgan fingerprint density at radius 2 is 1.38 bits per heavy atom. The summed E-state index contributed by atoms with van der Waals surface area (Å²) in [6, 6.07) is 8.08. The van der Waals surface area contributed by atoms with E-state index in [0.717, 1.165) is 10.9 Å². The van der Waals surface area contributed by atoms with E-state index in [1.165, 1.54) is 24.3 Å². The summed E-state index contributed by atoms with van der Waals surface area (Å²) in [6.07, 6.45) is 6.65. The van der Waals surface area contributed by atoms with Crippen LogP contribution in [0.2, 0.25) is 0 Å². The van der Waals surface area contributed by atoms with E-state index >= 15 is 0 Å². The highest BCUT2D eigenvalue weighted by Gasteiger charge is 2.39. The summed E-state index contributed by atoms with van der Waals surface area (Å²) in [7, 11) is 0. The fraction of sp³-hybridized carbons (Fsp3) is 0.481. The molecular formula is C52H74N16O9. The molecule has 0 aliphatic carbocycles. The molecule has 3 heterocycles. The molecule has 1 saturated heterocycles. The van der Waals surface area contributed by atoms with Crippen molar-refractivity contribution in [3.63, 3.8) is 0 Å². The molecule has 0 radical (unpaired) electrons. The number of imidazole rings is 1. The van der Waals surface area contributed by atoms with Crippen LogP contribution in [0, 0.1) is 5.92 Å². The van der Waals surface area contributed by atoms with Crippen LogP contribution in [0.25, 0.3) is 10.9 Å². The van der Waals surface area contributed by atoms with Crippen molar-refractivity contribution in [3.8, 4) is 0 Å². The van der Waals surface area contributed by atoms with Gasteiger partial charge < -0.3 is 75.0 Å². The monoisotopic (exact) mass is 1070 g/mol. The minimum atomic E-state index is -1.35. The van der Waals surface area contributed by atoms with Crippen LogP contribution in [0.3, 0.4) is 0 Å². The number of aromatic nitrogens is 3. The molecular weight excluding hydrogens is 993 g/mol. The fourth-order valence-corrected chi connectivity index (χ4v) is 9.05. The number of hydrogen-bond acceptors (Lipinski definition) is 12. The molecule has 25 nitrogen and oxygen atoms in total. The molecule has 25 heteroatoms. The number of para-hydroxylation sites is 1. The zero-order valence-corrected chi connectivity index (χ0v) is 43.8. The van der Waals surface area contributed by atoms with Crippen molar-refractivity contribution in [2.75, 3.05) is 26.2 Å². The number of benzene rings is 2. The van der Waals surface area contributed by atoms with Gasteiger partial charge in [0.05, 0.1) is 12.9 Å². The highest BCUT2D eigenvalue weighted by molar-refractivity contribution is 5.98. The number of amides is 9. The maximum atomic E-state index is 14.6. The van der Waals surface area contributed by atoms with Crippen molar-refractivity contribution in [1.29, 1.82) is 0 Å². The van der Waals surface area contributed by atoms with E-state index in [-0.39, 0.29) is 63.5 Å². The number of aliphatic imine (C=N–C) groups is 1. The molecule has 2 aromatic carbocycles. The topological polar surface area (TPSA) is 402 Å². The van der Waals surface area contributed by atoms with Crippen molar-refractivity contribution in [1.82, 2.24) is 57.1 Å². The standard InChI is InChI=1S/C52H74N16O9/c1-30(2)44(45(54)71)67-50(76)42-19-12-22-68(42)51(77)38(17-9-10-20-53)63-43(70)28-60-46(72)40(24-33-26-59-36-16-8-7-15-35(33)36)66-47(73)37(18-11-21-58-52(55)56)64-48(74)39(23-32-13-5-4-6-14-32)65-49(75)41(62-31(3)69)25-34-27-57-29-61-34/h4-8,13-16,26-27,29-30,37-42,44,59H,9-12,17-25,28,53H2,1-3H3,(H2,54,71)(H,57,61)(H,60,72)(H,62,69)(H,63,70)(H,64,74)(H,65,75)(H,66,73)(H,67,76)(H4,55,56,58)/t37-,38-,39+,40-,41-,42-,44-/m0/s1. The summed E-state index contributed by atoms with van der Waals surface area (Å²) >= 11 is 0. The first-order valence-electron chi connectivity index (χ1n) is 25.8. The van der Waals surface area contributed by atoms with Crippen molar-refractivity contribution in [2.24, 2.45) is 33.8 Å². The number of nitrogens with zero attached hydrogens (tertiary/aromatic N) is 3. The maximum Gasteiger partial charge on any atom is 0.245 e. The van der Waals surface area contributed by atoms with Gasteiger partial charge in [0.15, 0.2) is 5.96 Å². The second-order valence-corrected chi connectivity index (χ2v) is 19.4. The van der Waals surface area contributed by atoms with Gasteiger partial charge in [-0.15, -0.1) is 0 Å². The van der Waals surface area contributed by atoms with Gasteiger partial charge in [-0.2, -0.15) is 0 Å². The largest absolute Gasteiger partial charge is 0.370 e. The van der Waals surface area contributed by atoms with E-state index in [9.17, 15) is 43.2 Å². The van der Waals surface area contributed by atoms with Gasteiger partial charge in [-0.25, -0.2) is 4.98 Å². The van der Waals surface area contributed by atoms with Gasteiger partial charge in [0, 0.05) is 68.3 Å². The molecule has 0 spiro atoms. The second kappa shape index (κ2) is 29.7. The summed E-state index contributed by atoms with van der Waals surface area (Å²) in [5.41, 5.74) is 25.1. The maximum absolute atomic E-state index is 14.6. The molecule has 416 valence electrons. The van der Waals surface area contributed by atoms with Gasteiger partial charge in [0.1, 0.15) is 42.3 Å². The highest BCUT2D eigenvalue weighted by atomic mass is 16.2. The number of nitrogens with one attached hydrogen (secondary N) is 9. The third kappa shape index (κ3) is 18.5. The quantitative estimate of drug-likeness (QED) is 0.0157. The average Bonchev–Trinajstić information content (AvgIpc) is 4.20. The third-order valence-corrected chi connectivity index (χ3v) is 13.0. The summed E-state index contributed by atoms with van der Waals surface area (Å²) < 4.78 is 0. The molecule has 1 fully saturated rings. The Bertz CT molecular complexity index is 2670. The number of nitrogens with two attached hydrogens (primary N) is 4. The van der Waals surface area contributed by atoms with Crippen LogP contribution in [-0.2, 0) is 62.4 Å². The predicted molar refractivity (Wildman–Crippen MR) is 286 cm³/mol. The molecule has 9 amide bonds. The number of unbranched alkanes of at least 4 members (excludes halogenated alkanes) is 1. The predicted octanol–water partition coefficient (Wildman–Crippen LogP) is -1.72. The van der Waals surface area contributed by atoms with Crippen LogP contribution in [0.5, 0.6) is 0 Å². The van der Waals surface area contributed by atoms with Gasteiger partial charge in [-0.1, -0.05) is 62.4 Å². The Kier molecular flexibility index (Phi) is 22.9. The van der Waals surface area contributed by atoms with E-state index in [1.807, 2.05) is 24.3 Å². The number of rotatable bonds is 30. The molecule has 0 saturated carbocycles. The second-order valence-electron chi connectivity index (χ2n) is 19.4. The first kappa shape index (κ1) is 59.5. The van der Waals surface area contributed by atoms with Crippen LogP contribution in [0.15, 0.2) is 78.3 Å². The van der Waals surface area contributed by atoms with Gasteiger partial charge in [-0.05, 0) is 74.6 Å². The summed E-state index contributed by atoms with van der Waals surface area (Å²) in [6.45, 7) is 4.71. The summed E-state index contributed by atoms with van der Waals surface area (Å²) in [4.78, 5) is 138. The van der Waals surface area contributed by atoms with Gasteiger partial charge >= 0.3 is 0 Å². The number of carbonyl (C=O) groups is 9. The Balaban J connectivity index is 1.37. The lowest BCUT2D eigenvalue weighted by Gasteiger charge is -2.30. The number of H-pyrrole nitrogens is 2. The van der Waals surface area contributed by atoms with Crippen LogP contribution in [0.4, 0.5) is 0 Å². The zero-order chi connectivity index (χ0) is 56.0. The normalized spacial score (nSPS) is 15.4. The van der Waals surface area contributed by atoms with E-state index < -0.39 is 102 Å². The van der Waals surface area contributed by atoms with Crippen LogP contribution >= 0.6 is 0 Å². The minimum Gasteiger partial charge on any atom is -0.370 e. The molecule has 5 rings (SSSR count). The average molecular weight is 1070 g/mol. The first-order valence-corrected chi connectivity index (χ1v) is 25.8. The van der Waals surface area contributed by atoms with Crippen molar-refractivity contribution >= 4 is 70.0 Å². The van der Waals surface area contributed by atoms with Gasteiger partial charge in [0.2, 0.25) is 53.2 Å². The number of likely N-dealkylation sites (tertiary alicyclic amines) is 1. The molecule has 17 N–H and O–H groups in total. The van der Waals surface area contributed by atoms with Crippen LogP contribution in [0.1, 0.15) is 82.5 Å². The number of carbonyl (C=O) groups excluding carboxylic acids is 9. The van der Waals surface area contributed by atoms with Gasteiger partial charge in [-0.3, -0.25) is 48.1 Å². The van der Waals surface area contributed by atoms with Crippen molar-refractivity contribution in [3.05, 3.63) is 90.1 Å². The number of aromatic amines is 2. The van der Waals surface area contributed by atoms with E-state index in [1.54, 1.807) is 50.4 Å². The minimum absolute atomic E-state index is 0.0195. The molecule has 1 aliphatic heterocycles. The van der Waals surface area contributed by atoms with Crippen LogP contribution in [-0.4, -0.2) is 147 Å². The Morgan fingerprint density at radius 3 is 2.03 bits per heavy atom. The zero-order valence-electron chi connectivity index (χ0n) is 43.8. The number of fused-ring (bicyclic) bond motifs is 1. The summed E-state index contributed by atoms with van der Waals surface area (Å²) in [5, 5.41) is 19.7. The molecule has 0 bridgehead atoms. The lowest BCUT2D eigenvalue weighted by Crippen LogP contribution is -2.59. The van der Waals surface area contributed by atoms with E-state index in [2.05, 4.69) is 57.2 Å². The lowest BCUT2D eigenvalue weighted by atomic mass is 10.0. The third-order valence-electron chi connectivity index (χ3n) is 13.0. The number of primary amides is 1.